The second-order valence-corrected chi connectivity index (χ2v) is 2.51. The van der Waals surface area contributed by atoms with Crippen LogP contribution in [0.1, 0.15) is 0 Å². The van der Waals surface area contributed by atoms with Gasteiger partial charge in [-0.25, -0.2) is 4.79 Å². The summed E-state index contributed by atoms with van der Waals surface area (Å²) < 4.78 is 14.6. The van der Waals surface area contributed by atoms with E-state index in [1.165, 1.54) is 14.2 Å². The van der Waals surface area contributed by atoms with Gasteiger partial charge in [0.2, 0.25) is 0 Å². The Hall–Kier alpha value is -0.650. The van der Waals surface area contributed by atoms with E-state index in [-0.39, 0.29) is 6.61 Å². The maximum absolute atomic E-state index is 11.0. The van der Waals surface area contributed by atoms with Gasteiger partial charge in [0.05, 0.1) is 6.61 Å². The minimum absolute atomic E-state index is 0.246. The average Bonchev–Trinajstić information content (AvgIpc) is 2.40. The molecule has 0 saturated carbocycles. The summed E-state index contributed by atoms with van der Waals surface area (Å²) in [5.74, 6) is -0.483. The van der Waals surface area contributed by atoms with Crippen molar-refractivity contribution in [3.05, 3.63) is 0 Å². The third-order valence-electron chi connectivity index (χ3n) is 1.87. The molecule has 1 N–H and O–H groups in total. The summed E-state index contributed by atoms with van der Waals surface area (Å²) in [6.07, 6.45) is -1.83. The summed E-state index contributed by atoms with van der Waals surface area (Å²) >= 11 is 0. The Morgan fingerprint density at radius 1 is 1.50 bits per heavy atom. The second kappa shape index (κ2) is 3.84. The van der Waals surface area contributed by atoms with Crippen LogP contribution >= 0.6 is 0 Å². The average molecular weight is 176 g/mol. The highest BCUT2D eigenvalue weighted by molar-refractivity contribution is 5.78. The molecular formula is C7H12O5. The fourth-order valence-corrected chi connectivity index (χ4v) is 1.26. The zero-order valence-electron chi connectivity index (χ0n) is 7.02. The van der Waals surface area contributed by atoms with Crippen LogP contribution < -0.4 is 0 Å². The molecule has 1 saturated heterocycles. The lowest BCUT2D eigenvalue weighted by Crippen LogP contribution is -2.36. The van der Waals surface area contributed by atoms with E-state index in [1.54, 1.807) is 0 Å². The van der Waals surface area contributed by atoms with Gasteiger partial charge in [-0.3, -0.25) is 0 Å². The molecule has 1 aliphatic rings. The van der Waals surface area contributed by atoms with Crippen molar-refractivity contribution in [2.75, 3.05) is 20.8 Å². The van der Waals surface area contributed by atoms with E-state index in [1.807, 2.05) is 0 Å². The number of cyclic esters (lactones) is 1. The molecule has 0 radical (unpaired) electrons. The van der Waals surface area contributed by atoms with Crippen LogP contribution in [-0.2, 0) is 19.0 Å². The number of carbonyl (C=O) groups is 1. The van der Waals surface area contributed by atoms with E-state index in [0.29, 0.717) is 0 Å². The highest BCUT2D eigenvalue weighted by Gasteiger charge is 2.45. The summed E-state index contributed by atoms with van der Waals surface area (Å²) in [6, 6.07) is 0. The molecule has 0 aliphatic carbocycles. The largest absolute Gasteiger partial charge is 0.455 e. The molecule has 1 unspecified atom stereocenters. The van der Waals surface area contributed by atoms with Crippen molar-refractivity contribution in [3.8, 4) is 0 Å². The number of esters is 1. The molecule has 0 amide bonds. The van der Waals surface area contributed by atoms with Crippen molar-refractivity contribution in [2.24, 2.45) is 0 Å². The van der Waals surface area contributed by atoms with Gasteiger partial charge in [0, 0.05) is 14.2 Å². The molecular weight excluding hydrogens is 164 g/mol. The maximum atomic E-state index is 11.0. The topological polar surface area (TPSA) is 65.0 Å². The van der Waals surface area contributed by atoms with Crippen LogP contribution in [0.5, 0.6) is 0 Å². The Morgan fingerprint density at radius 3 is 2.58 bits per heavy atom. The highest BCUT2D eigenvalue weighted by Crippen LogP contribution is 2.20. The fourth-order valence-electron chi connectivity index (χ4n) is 1.26. The third-order valence-corrected chi connectivity index (χ3v) is 1.87. The van der Waals surface area contributed by atoms with E-state index in [2.05, 4.69) is 0 Å². The first-order valence-corrected chi connectivity index (χ1v) is 3.61. The second-order valence-electron chi connectivity index (χ2n) is 2.51. The molecule has 1 fully saturated rings. The standard InChI is InChI=1S/C7H12O5/c1-10-5-4(3-8)12-7(9)6(5)11-2/h4-6,8H,3H2,1-2H3/t4-,5+,6?/m1/s1. The summed E-state index contributed by atoms with van der Waals surface area (Å²) in [5.41, 5.74) is 0. The number of hydrogen-bond donors (Lipinski definition) is 1. The van der Waals surface area contributed by atoms with Gasteiger partial charge in [-0.2, -0.15) is 0 Å². The number of rotatable bonds is 3. The van der Waals surface area contributed by atoms with Gasteiger partial charge < -0.3 is 19.3 Å². The van der Waals surface area contributed by atoms with Crippen molar-refractivity contribution >= 4 is 5.97 Å². The Bertz CT molecular complexity index is 169. The number of aliphatic hydroxyl groups excluding tert-OH is 1. The lowest BCUT2D eigenvalue weighted by atomic mass is 10.1. The van der Waals surface area contributed by atoms with E-state index in [4.69, 9.17) is 19.3 Å². The van der Waals surface area contributed by atoms with Crippen LogP contribution in [0.3, 0.4) is 0 Å². The van der Waals surface area contributed by atoms with Crippen LogP contribution in [0, 0.1) is 0 Å². The predicted molar refractivity (Wildman–Crippen MR) is 38.6 cm³/mol. The Morgan fingerprint density at radius 2 is 2.17 bits per heavy atom. The van der Waals surface area contributed by atoms with E-state index in [9.17, 15) is 4.79 Å². The Labute approximate surface area is 70.2 Å². The first-order valence-electron chi connectivity index (χ1n) is 3.61. The Kier molecular flexibility index (Phi) is 3.02. The minimum Gasteiger partial charge on any atom is -0.455 e. The van der Waals surface area contributed by atoms with Gasteiger partial charge in [-0.05, 0) is 0 Å². The molecule has 1 heterocycles. The fraction of sp³-hybridized carbons (Fsp3) is 0.857. The Balaban J connectivity index is 2.68. The smallest absolute Gasteiger partial charge is 0.338 e. The molecule has 0 aromatic heterocycles. The molecule has 5 heteroatoms. The monoisotopic (exact) mass is 176 g/mol. The van der Waals surface area contributed by atoms with Crippen molar-refractivity contribution < 1.29 is 24.1 Å². The van der Waals surface area contributed by atoms with E-state index >= 15 is 0 Å². The number of aliphatic hydroxyl groups is 1. The molecule has 0 spiro atoms. The highest BCUT2D eigenvalue weighted by atomic mass is 16.6. The number of hydrogen-bond acceptors (Lipinski definition) is 5. The molecule has 5 nitrogen and oxygen atoms in total. The van der Waals surface area contributed by atoms with Crippen LogP contribution in [0.25, 0.3) is 0 Å². The first kappa shape index (κ1) is 9.44. The quantitative estimate of drug-likeness (QED) is 0.555. The van der Waals surface area contributed by atoms with Gasteiger partial charge in [0.15, 0.2) is 12.2 Å². The predicted octanol–water partition coefficient (Wildman–Crippen LogP) is -1.07. The number of ether oxygens (including phenoxy) is 3. The van der Waals surface area contributed by atoms with E-state index in [0.717, 1.165) is 0 Å². The molecule has 0 aromatic rings. The lowest BCUT2D eigenvalue weighted by Gasteiger charge is -2.15. The van der Waals surface area contributed by atoms with Crippen LogP contribution in [0.2, 0.25) is 0 Å². The number of methoxy groups -OCH3 is 2. The SMILES string of the molecule is COC1C(=O)O[C@H](CO)[C@@H]1OC. The maximum Gasteiger partial charge on any atom is 0.338 e. The van der Waals surface area contributed by atoms with Gasteiger partial charge in [0.25, 0.3) is 0 Å². The lowest BCUT2D eigenvalue weighted by molar-refractivity contribution is -0.149. The van der Waals surface area contributed by atoms with Gasteiger partial charge in [0.1, 0.15) is 6.10 Å². The molecule has 1 aliphatic heterocycles. The zero-order chi connectivity index (χ0) is 9.14. The van der Waals surface area contributed by atoms with Gasteiger partial charge >= 0.3 is 5.97 Å². The summed E-state index contributed by atoms with van der Waals surface area (Å²) in [7, 11) is 2.85. The minimum atomic E-state index is -0.716. The van der Waals surface area contributed by atoms with Crippen molar-refractivity contribution in [1.82, 2.24) is 0 Å². The zero-order valence-corrected chi connectivity index (χ0v) is 7.02. The number of carbonyl (C=O) groups excluding carboxylic acids is 1. The normalized spacial score (nSPS) is 35.2. The van der Waals surface area contributed by atoms with Crippen LogP contribution in [0.15, 0.2) is 0 Å². The van der Waals surface area contributed by atoms with Crippen molar-refractivity contribution in [2.45, 2.75) is 18.3 Å². The third kappa shape index (κ3) is 1.43. The van der Waals surface area contributed by atoms with Crippen LogP contribution in [-0.4, -0.2) is 50.2 Å². The summed E-state index contributed by atoms with van der Waals surface area (Å²) in [4.78, 5) is 11.0. The van der Waals surface area contributed by atoms with Crippen molar-refractivity contribution in [3.63, 3.8) is 0 Å². The molecule has 0 bridgehead atoms. The van der Waals surface area contributed by atoms with Gasteiger partial charge in [-0.15, -0.1) is 0 Å². The summed E-state index contributed by atoms with van der Waals surface area (Å²) in [6.45, 7) is -0.246. The molecule has 0 aromatic carbocycles. The molecule has 70 valence electrons. The molecule has 12 heavy (non-hydrogen) atoms. The first-order chi connectivity index (χ1) is 5.74. The van der Waals surface area contributed by atoms with E-state index < -0.39 is 24.3 Å². The summed E-state index contributed by atoms with van der Waals surface area (Å²) in [5, 5.41) is 8.79. The van der Waals surface area contributed by atoms with Crippen LogP contribution in [0.4, 0.5) is 0 Å². The van der Waals surface area contributed by atoms with Crippen molar-refractivity contribution in [1.29, 1.82) is 0 Å². The molecule has 3 atom stereocenters. The molecule has 1 rings (SSSR count). The van der Waals surface area contributed by atoms with Gasteiger partial charge in [-0.1, -0.05) is 0 Å².